The highest BCUT2D eigenvalue weighted by Crippen LogP contribution is 2.23. The van der Waals surface area contributed by atoms with Crippen molar-refractivity contribution in [1.82, 2.24) is 20.6 Å². The van der Waals surface area contributed by atoms with E-state index in [2.05, 4.69) is 38.1 Å². The zero-order valence-electron chi connectivity index (χ0n) is 17.1. The summed E-state index contributed by atoms with van der Waals surface area (Å²) in [5.74, 6) is 1.33. The van der Waals surface area contributed by atoms with Crippen LogP contribution in [0.3, 0.4) is 0 Å². The first-order valence-corrected chi connectivity index (χ1v) is 10.7. The van der Waals surface area contributed by atoms with Gasteiger partial charge < -0.3 is 15.1 Å². The third-order valence-corrected chi connectivity index (χ3v) is 5.27. The molecule has 2 aromatic carbocycles. The van der Waals surface area contributed by atoms with Gasteiger partial charge in [-0.3, -0.25) is 0 Å². The van der Waals surface area contributed by atoms with E-state index in [0.717, 1.165) is 40.0 Å². The summed E-state index contributed by atoms with van der Waals surface area (Å²) < 4.78 is 5.60. The molecule has 0 bridgehead atoms. The Morgan fingerprint density at radius 3 is 2.35 bits per heavy atom. The number of thiazole rings is 1. The topological polar surface area (TPSA) is 75.3 Å². The van der Waals surface area contributed by atoms with Crippen LogP contribution in [0.25, 0.3) is 22.0 Å². The van der Waals surface area contributed by atoms with Crippen LogP contribution in [0.4, 0.5) is 0 Å². The molecule has 0 amide bonds. The lowest BCUT2D eigenvalue weighted by Crippen LogP contribution is -2.36. The van der Waals surface area contributed by atoms with E-state index in [1.54, 1.807) is 17.6 Å². The standard InChI is InChI=1S/C23H23N5OS.HI/c1-2-24-23(25-13-19-15-29-21(27-19)17-9-5-3-6-10-17)26-14-20-16-30-22(28-20)18-11-7-4-8-12-18;/h3-12,15-16H,2,13-14H2,1H3,(H2,24,25,26);1H. The molecule has 160 valence electrons. The summed E-state index contributed by atoms with van der Waals surface area (Å²) in [4.78, 5) is 13.9. The second-order valence-electron chi connectivity index (χ2n) is 6.57. The van der Waals surface area contributed by atoms with Crippen LogP contribution in [0.1, 0.15) is 18.3 Å². The Bertz CT molecular complexity index is 1100. The van der Waals surface area contributed by atoms with Crippen molar-refractivity contribution in [3.63, 3.8) is 0 Å². The van der Waals surface area contributed by atoms with Gasteiger partial charge in [-0.2, -0.15) is 0 Å². The normalized spacial score (nSPS) is 11.1. The highest BCUT2D eigenvalue weighted by atomic mass is 127. The number of hydrogen-bond acceptors (Lipinski definition) is 5. The van der Waals surface area contributed by atoms with E-state index in [9.17, 15) is 0 Å². The largest absolute Gasteiger partial charge is 0.444 e. The van der Waals surface area contributed by atoms with E-state index in [-0.39, 0.29) is 24.0 Å². The fourth-order valence-corrected chi connectivity index (χ4v) is 3.69. The first kappa shape index (κ1) is 23.0. The Morgan fingerprint density at radius 1 is 0.935 bits per heavy atom. The number of aromatic nitrogens is 2. The fourth-order valence-electron chi connectivity index (χ4n) is 2.87. The minimum atomic E-state index is 0. The summed E-state index contributed by atoms with van der Waals surface area (Å²) >= 11 is 1.63. The molecule has 2 heterocycles. The van der Waals surface area contributed by atoms with E-state index in [1.165, 1.54) is 0 Å². The predicted molar refractivity (Wildman–Crippen MR) is 137 cm³/mol. The molecule has 2 N–H and O–H groups in total. The van der Waals surface area contributed by atoms with Gasteiger partial charge in [-0.15, -0.1) is 35.3 Å². The summed E-state index contributed by atoms with van der Waals surface area (Å²) in [5.41, 5.74) is 3.86. The van der Waals surface area contributed by atoms with Crippen LogP contribution in [0.2, 0.25) is 0 Å². The molecule has 2 aromatic heterocycles. The number of nitrogens with zero attached hydrogens (tertiary/aromatic N) is 3. The fraction of sp³-hybridized carbons (Fsp3) is 0.174. The monoisotopic (exact) mass is 545 g/mol. The number of guanidine groups is 1. The molecule has 0 aliphatic heterocycles. The summed E-state index contributed by atoms with van der Waals surface area (Å²) in [5, 5.41) is 9.62. The van der Waals surface area contributed by atoms with Gasteiger partial charge in [0.2, 0.25) is 5.89 Å². The number of oxazole rings is 1. The van der Waals surface area contributed by atoms with E-state index in [1.807, 2.05) is 55.5 Å². The van der Waals surface area contributed by atoms with E-state index in [0.29, 0.717) is 19.0 Å². The van der Waals surface area contributed by atoms with Crippen molar-refractivity contribution >= 4 is 41.3 Å². The van der Waals surface area contributed by atoms with Crippen molar-refractivity contribution in [3.8, 4) is 22.0 Å². The van der Waals surface area contributed by atoms with Gasteiger partial charge in [0.25, 0.3) is 0 Å². The number of rotatable bonds is 7. The van der Waals surface area contributed by atoms with Gasteiger partial charge in [0, 0.05) is 23.1 Å². The molecular formula is C23H24IN5OS. The van der Waals surface area contributed by atoms with Crippen LogP contribution in [-0.2, 0) is 13.1 Å². The maximum Gasteiger partial charge on any atom is 0.226 e. The van der Waals surface area contributed by atoms with Crippen molar-refractivity contribution in [2.75, 3.05) is 6.54 Å². The summed E-state index contributed by atoms with van der Waals surface area (Å²) in [6.07, 6.45) is 1.67. The Hall–Kier alpha value is -2.72. The predicted octanol–water partition coefficient (Wildman–Crippen LogP) is 5.34. The smallest absolute Gasteiger partial charge is 0.226 e. The minimum Gasteiger partial charge on any atom is -0.444 e. The van der Waals surface area contributed by atoms with Gasteiger partial charge in [0.05, 0.1) is 24.5 Å². The Kier molecular flexibility index (Phi) is 8.60. The molecule has 0 aliphatic carbocycles. The molecule has 4 rings (SSSR count). The average molecular weight is 545 g/mol. The molecule has 0 fully saturated rings. The van der Waals surface area contributed by atoms with E-state index in [4.69, 9.17) is 9.40 Å². The third-order valence-electron chi connectivity index (χ3n) is 4.33. The van der Waals surface area contributed by atoms with Gasteiger partial charge >= 0.3 is 0 Å². The van der Waals surface area contributed by atoms with Crippen LogP contribution in [0, 0.1) is 0 Å². The number of halogens is 1. The van der Waals surface area contributed by atoms with Crippen molar-refractivity contribution in [3.05, 3.63) is 83.7 Å². The second kappa shape index (κ2) is 11.6. The van der Waals surface area contributed by atoms with Crippen molar-refractivity contribution in [2.45, 2.75) is 20.0 Å². The van der Waals surface area contributed by atoms with Gasteiger partial charge in [-0.05, 0) is 19.1 Å². The van der Waals surface area contributed by atoms with Gasteiger partial charge in [0.1, 0.15) is 11.3 Å². The van der Waals surface area contributed by atoms with Crippen LogP contribution in [0.5, 0.6) is 0 Å². The molecule has 0 unspecified atom stereocenters. The maximum absolute atomic E-state index is 5.60. The van der Waals surface area contributed by atoms with Crippen LogP contribution >= 0.6 is 35.3 Å². The molecule has 31 heavy (non-hydrogen) atoms. The highest BCUT2D eigenvalue weighted by Gasteiger charge is 2.08. The molecule has 0 saturated carbocycles. The van der Waals surface area contributed by atoms with Gasteiger partial charge in [-0.1, -0.05) is 48.5 Å². The van der Waals surface area contributed by atoms with Crippen molar-refractivity contribution < 1.29 is 4.42 Å². The average Bonchev–Trinajstić information content (AvgIpc) is 3.47. The summed E-state index contributed by atoms with van der Waals surface area (Å²) in [6, 6.07) is 20.1. The Morgan fingerprint density at radius 2 is 1.65 bits per heavy atom. The second-order valence-corrected chi connectivity index (χ2v) is 7.43. The molecular weight excluding hydrogens is 521 g/mol. The molecule has 0 radical (unpaired) electrons. The number of aliphatic imine (C=N–C) groups is 1. The number of hydrogen-bond donors (Lipinski definition) is 2. The first-order chi connectivity index (χ1) is 14.8. The maximum atomic E-state index is 5.60. The van der Waals surface area contributed by atoms with Crippen LogP contribution in [-0.4, -0.2) is 22.5 Å². The Labute approximate surface area is 202 Å². The van der Waals surface area contributed by atoms with Crippen molar-refractivity contribution in [1.29, 1.82) is 0 Å². The van der Waals surface area contributed by atoms with E-state index < -0.39 is 0 Å². The SMILES string of the molecule is CCNC(=NCc1csc(-c2ccccc2)n1)NCc1coc(-c2ccccc2)n1.I. The molecule has 6 nitrogen and oxygen atoms in total. The van der Waals surface area contributed by atoms with Gasteiger partial charge in [-0.25, -0.2) is 15.0 Å². The summed E-state index contributed by atoms with van der Waals surface area (Å²) in [6.45, 7) is 3.84. The molecule has 4 aromatic rings. The van der Waals surface area contributed by atoms with Gasteiger partial charge in [0.15, 0.2) is 5.96 Å². The zero-order chi connectivity index (χ0) is 20.6. The Balaban J connectivity index is 0.00000272. The number of nitrogens with one attached hydrogen (secondary N) is 2. The number of benzene rings is 2. The minimum absolute atomic E-state index is 0. The quantitative estimate of drug-likeness (QED) is 0.186. The zero-order valence-corrected chi connectivity index (χ0v) is 20.3. The molecule has 0 spiro atoms. The molecule has 0 saturated heterocycles. The molecule has 0 aliphatic rings. The molecule has 0 atom stereocenters. The van der Waals surface area contributed by atoms with Crippen molar-refractivity contribution in [2.24, 2.45) is 4.99 Å². The van der Waals surface area contributed by atoms with E-state index >= 15 is 0 Å². The first-order valence-electron chi connectivity index (χ1n) is 9.83. The molecule has 8 heteroatoms. The van der Waals surface area contributed by atoms with Crippen LogP contribution < -0.4 is 10.6 Å². The summed E-state index contributed by atoms with van der Waals surface area (Å²) in [7, 11) is 0. The third kappa shape index (κ3) is 6.38. The lowest BCUT2D eigenvalue weighted by atomic mass is 10.2. The lowest BCUT2D eigenvalue weighted by molar-refractivity contribution is 0.572. The highest BCUT2D eigenvalue weighted by molar-refractivity contribution is 14.0. The van der Waals surface area contributed by atoms with Crippen LogP contribution in [0.15, 0.2) is 81.7 Å². The lowest BCUT2D eigenvalue weighted by Gasteiger charge is -2.09.